The zero-order valence-electron chi connectivity index (χ0n) is 10.5. The molecule has 1 heterocycles. The summed E-state index contributed by atoms with van der Waals surface area (Å²) >= 11 is 0. The molecule has 0 radical (unpaired) electrons. The van der Waals surface area contributed by atoms with Crippen LogP contribution in [0.4, 0.5) is 4.79 Å². The monoisotopic (exact) mass is 267 g/mol. The Labute approximate surface area is 110 Å². The third-order valence-electron chi connectivity index (χ3n) is 3.05. The summed E-state index contributed by atoms with van der Waals surface area (Å²) in [4.78, 5) is 16.1. The molecule has 0 unspecified atom stereocenters. The Bertz CT molecular complexity index is 448. The van der Waals surface area contributed by atoms with Crippen molar-refractivity contribution in [2.45, 2.75) is 31.8 Å². The van der Waals surface area contributed by atoms with Crippen LogP contribution in [0.3, 0.4) is 0 Å². The Kier molecular flexibility index (Phi) is 3.99. The lowest BCUT2D eigenvalue weighted by atomic mass is 10.2. The van der Waals surface area contributed by atoms with E-state index in [1.54, 1.807) is 0 Å². The van der Waals surface area contributed by atoms with Gasteiger partial charge in [-0.1, -0.05) is 6.08 Å². The number of aromatic hydroxyl groups is 2. The predicted molar refractivity (Wildman–Crippen MR) is 66.8 cm³/mol. The van der Waals surface area contributed by atoms with Crippen molar-refractivity contribution >= 4 is 6.16 Å². The molecule has 2 rings (SSSR count). The number of unbranched alkanes of at least 4 members (excludes halogenated alkanes) is 1. The number of carbonyl (C=O) groups is 1. The lowest BCUT2D eigenvalue weighted by Gasteiger charge is -2.07. The van der Waals surface area contributed by atoms with E-state index in [0.29, 0.717) is 10.6 Å². The smallest absolute Gasteiger partial charge is 0.492 e. The molecule has 1 fully saturated rings. The summed E-state index contributed by atoms with van der Waals surface area (Å²) < 4.78 is 5.67. The zero-order valence-corrected chi connectivity index (χ0v) is 10.5. The van der Waals surface area contributed by atoms with Gasteiger partial charge in [-0.3, -0.25) is 4.84 Å². The molecule has 0 aliphatic heterocycles. The minimum atomic E-state index is -0.932. The standard InChI is InChI=1S/C13H17NO5/c1-2-3-4-5-9-8-10(9)18-13(17)19-14-11(15)6-7-12(14)16/h2,6-7,9-10,15-16H,1,3-5,8H2/t9-,10-/m1/s1. The molecule has 104 valence electrons. The summed E-state index contributed by atoms with van der Waals surface area (Å²) in [6, 6.07) is 2.41. The Morgan fingerprint density at radius 2 is 2.16 bits per heavy atom. The fraction of sp³-hybridized carbons (Fsp3) is 0.462. The third-order valence-corrected chi connectivity index (χ3v) is 3.05. The molecular formula is C13H17NO5. The molecule has 0 amide bonds. The van der Waals surface area contributed by atoms with E-state index in [9.17, 15) is 15.0 Å². The summed E-state index contributed by atoms with van der Waals surface area (Å²) in [5.41, 5.74) is 0. The number of carbonyl (C=O) groups excluding carboxylic acids is 1. The van der Waals surface area contributed by atoms with Crippen LogP contribution in [-0.2, 0) is 4.74 Å². The normalized spacial score (nSPS) is 20.8. The molecule has 6 nitrogen and oxygen atoms in total. The zero-order chi connectivity index (χ0) is 13.8. The molecule has 19 heavy (non-hydrogen) atoms. The second-order valence-corrected chi connectivity index (χ2v) is 4.56. The molecule has 2 N–H and O–H groups in total. The highest BCUT2D eigenvalue weighted by molar-refractivity contribution is 5.61. The van der Waals surface area contributed by atoms with Gasteiger partial charge < -0.3 is 14.9 Å². The van der Waals surface area contributed by atoms with Crippen LogP contribution in [0.15, 0.2) is 24.8 Å². The van der Waals surface area contributed by atoms with Crippen molar-refractivity contribution in [3.63, 3.8) is 0 Å². The number of allylic oxidation sites excluding steroid dienone is 1. The number of ether oxygens (including phenoxy) is 1. The first kappa shape index (κ1) is 13.3. The molecule has 2 atom stereocenters. The first-order valence-electron chi connectivity index (χ1n) is 6.21. The summed E-state index contributed by atoms with van der Waals surface area (Å²) in [7, 11) is 0. The van der Waals surface area contributed by atoms with Gasteiger partial charge >= 0.3 is 6.16 Å². The topological polar surface area (TPSA) is 80.9 Å². The van der Waals surface area contributed by atoms with Gasteiger partial charge in [-0.2, -0.15) is 0 Å². The SMILES string of the molecule is C=CCCC[C@@H]1C[C@H]1OC(=O)On1c(O)ccc1O. The van der Waals surface area contributed by atoms with Gasteiger partial charge in [0.2, 0.25) is 11.8 Å². The molecule has 6 heteroatoms. The summed E-state index contributed by atoms with van der Waals surface area (Å²) in [5.74, 6) is -0.361. The van der Waals surface area contributed by atoms with E-state index in [1.807, 2.05) is 6.08 Å². The number of rotatable bonds is 6. The van der Waals surface area contributed by atoms with Gasteiger partial charge in [-0.05, 0) is 31.6 Å². The van der Waals surface area contributed by atoms with Gasteiger partial charge in [0.15, 0.2) is 0 Å². The highest BCUT2D eigenvalue weighted by atomic mass is 16.8. The van der Waals surface area contributed by atoms with Crippen LogP contribution in [0.5, 0.6) is 11.8 Å². The predicted octanol–water partition coefficient (Wildman–Crippen LogP) is 2.21. The Morgan fingerprint density at radius 3 is 2.79 bits per heavy atom. The molecule has 1 aliphatic carbocycles. The summed E-state index contributed by atoms with van der Waals surface area (Å²) in [6.45, 7) is 3.65. The second kappa shape index (κ2) is 5.69. The van der Waals surface area contributed by atoms with E-state index < -0.39 is 6.16 Å². The van der Waals surface area contributed by atoms with E-state index in [2.05, 4.69) is 11.4 Å². The van der Waals surface area contributed by atoms with Crippen molar-refractivity contribution in [2.75, 3.05) is 0 Å². The molecule has 0 saturated heterocycles. The maximum atomic E-state index is 11.4. The van der Waals surface area contributed by atoms with Crippen LogP contribution in [-0.4, -0.2) is 27.2 Å². The minimum Gasteiger partial charge on any atom is -0.492 e. The van der Waals surface area contributed by atoms with Gasteiger partial charge in [0.1, 0.15) is 6.10 Å². The molecule has 1 aromatic rings. The first-order valence-corrected chi connectivity index (χ1v) is 6.21. The highest BCUT2D eigenvalue weighted by Crippen LogP contribution is 2.38. The van der Waals surface area contributed by atoms with E-state index in [-0.39, 0.29) is 17.9 Å². The third kappa shape index (κ3) is 3.43. The van der Waals surface area contributed by atoms with Crippen molar-refractivity contribution in [3.8, 4) is 11.8 Å². The van der Waals surface area contributed by atoms with Crippen molar-refractivity contribution in [1.29, 1.82) is 0 Å². The summed E-state index contributed by atoms with van der Waals surface area (Å²) in [5, 5.41) is 18.6. The lowest BCUT2D eigenvalue weighted by Crippen LogP contribution is -2.21. The Hall–Kier alpha value is -2.11. The fourth-order valence-corrected chi connectivity index (χ4v) is 1.91. The van der Waals surface area contributed by atoms with E-state index in [1.165, 1.54) is 12.1 Å². The van der Waals surface area contributed by atoms with Crippen LogP contribution in [0.25, 0.3) is 0 Å². The fourth-order valence-electron chi connectivity index (χ4n) is 1.91. The molecule has 0 spiro atoms. The molecule has 0 aromatic carbocycles. The van der Waals surface area contributed by atoms with Gasteiger partial charge in [0.25, 0.3) is 0 Å². The van der Waals surface area contributed by atoms with Crippen LogP contribution < -0.4 is 4.84 Å². The average molecular weight is 267 g/mol. The lowest BCUT2D eigenvalue weighted by molar-refractivity contribution is 0.0278. The molecule has 0 bridgehead atoms. The quantitative estimate of drug-likeness (QED) is 0.469. The maximum Gasteiger partial charge on any atom is 0.534 e. The second-order valence-electron chi connectivity index (χ2n) is 4.56. The van der Waals surface area contributed by atoms with Crippen molar-refractivity contribution < 1.29 is 24.6 Å². The van der Waals surface area contributed by atoms with Crippen LogP contribution in [0.2, 0.25) is 0 Å². The van der Waals surface area contributed by atoms with E-state index in [4.69, 9.17) is 4.74 Å². The van der Waals surface area contributed by atoms with Crippen molar-refractivity contribution in [2.24, 2.45) is 5.92 Å². The van der Waals surface area contributed by atoms with Gasteiger partial charge in [0.05, 0.1) is 0 Å². The van der Waals surface area contributed by atoms with Crippen LogP contribution in [0.1, 0.15) is 25.7 Å². The first-order chi connectivity index (χ1) is 9.11. The Morgan fingerprint density at radius 1 is 1.47 bits per heavy atom. The molecule has 1 aliphatic rings. The number of hydrogen-bond donors (Lipinski definition) is 2. The largest absolute Gasteiger partial charge is 0.534 e. The van der Waals surface area contributed by atoms with E-state index in [0.717, 1.165) is 25.7 Å². The van der Waals surface area contributed by atoms with Crippen molar-refractivity contribution in [1.82, 2.24) is 4.73 Å². The molecule has 1 saturated carbocycles. The van der Waals surface area contributed by atoms with Crippen LogP contribution >= 0.6 is 0 Å². The van der Waals surface area contributed by atoms with Gasteiger partial charge in [-0.15, -0.1) is 11.3 Å². The van der Waals surface area contributed by atoms with Gasteiger partial charge in [-0.25, -0.2) is 4.79 Å². The molecule has 1 aromatic heterocycles. The molecular weight excluding hydrogens is 250 g/mol. The number of aromatic nitrogens is 1. The van der Waals surface area contributed by atoms with Crippen LogP contribution in [0, 0.1) is 5.92 Å². The number of hydrogen-bond acceptors (Lipinski definition) is 5. The number of nitrogens with zero attached hydrogens (tertiary/aromatic N) is 1. The Balaban J connectivity index is 1.73. The van der Waals surface area contributed by atoms with Gasteiger partial charge in [0, 0.05) is 12.1 Å². The highest BCUT2D eigenvalue weighted by Gasteiger charge is 2.40. The minimum absolute atomic E-state index is 0.128. The van der Waals surface area contributed by atoms with E-state index >= 15 is 0 Å². The average Bonchev–Trinajstić information content (AvgIpc) is 3.03. The maximum absolute atomic E-state index is 11.4. The van der Waals surface area contributed by atoms with Crippen molar-refractivity contribution in [3.05, 3.63) is 24.8 Å². The summed E-state index contributed by atoms with van der Waals surface area (Å²) in [6.07, 6.45) is 4.61.